The fourth-order valence-electron chi connectivity index (χ4n) is 1.59. The highest BCUT2D eigenvalue weighted by atomic mass is 32.2. The Hall–Kier alpha value is -1.08. The average Bonchev–Trinajstić information content (AvgIpc) is 2.23. The molecule has 0 aliphatic rings. The number of benzene rings is 1. The summed E-state index contributed by atoms with van der Waals surface area (Å²) in [5, 5.41) is 0. The van der Waals surface area contributed by atoms with E-state index in [1.54, 1.807) is 6.92 Å². The van der Waals surface area contributed by atoms with E-state index >= 15 is 0 Å². The van der Waals surface area contributed by atoms with Gasteiger partial charge < -0.3 is 0 Å². The van der Waals surface area contributed by atoms with Gasteiger partial charge in [-0.2, -0.15) is 21.6 Å². The number of hydrogen-bond donors (Lipinski definition) is 0. The van der Waals surface area contributed by atoms with Gasteiger partial charge in [-0.05, 0) is 18.1 Å². The van der Waals surface area contributed by atoms with Crippen LogP contribution in [0.2, 0.25) is 0 Å². The largest absolute Gasteiger partial charge is 0.416 e. The molecular formula is C11H13F3O3S. The molecular weight excluding hydrogens is 269 g/mol. The fraction of sp³-hybridized carbons (Fsp3) is 0.455. The van der Waals surface area contributed by atoms with Crippen LogP contribution in [0, 0.1) is 0 Å². The fourth-order valence-corrected chi connectivity index (χ4v) is 2.25. The molecule has 0 heterocycles. The van der Waals surface area contributed by atoms with Gasteiger partial charge in [-0.1, -0.05) is 25.1 Å². The van der Waals surface area contributed by atoms with Crippen molar-refractivity contribution >= 4 is 10.1 Å². The molecule has 0 amide bonds. The normalized spacial score (nSPS) is 14.5. The van der Waals surface area contributed by atoms with Crippen molar-refractivity contribution in [1.29, 1.82) is 0 Å². The minimum absolute atomic E-state index is 0.125. The van der Waals surface area contributed by atoms with Crippen LogP contribution in [0.5, 0.6) is 0 Å². The van der Waals surface area contributed by atoms with Gasteiger partial charge in [0.15, 0.2) is 0 Å². The average molecular weight is 282 g/mol. The third kappa shape index (κ3) is 3.99. The SMILES string of the molecule is CCC(OS(C)(=O)=O)c1ccccc1C(F)(F)F. The molecule has 102 valence electrons. The first-order chi connectivity index (χ1) is 8.15. The molecule has 0 aromatic heterocycles. The van der Waals surface area contributed by atoms with Crippen LogP contribution in [0.3, 0.4) is 0 Å². The summed E-state index contributed by atoms with van der Waals surface area (Å²) in [6.07, 6.45) is -4.73. The molecule has 0 fully saturated rings. The molecule has 1 aromatic rings. The van der Waals surface area contributed by atoms with E-state index in [1.807, 2.05) is 0 Å². The smallest absolute Gasteiger partial charge is 0.262 e. The zero-order valence-electron chi connectivity index (χ0n) is 9.86. The number of rotatable bonds is 4. The Kier molecular flexibility index (Phi) is 4.39. The van der Waals surface area contributed by atoms with E-state index in [4.69, 9.17) is 0 Å². The second kappa shape index (κ2) is 5.27. The summed E-state index contributed by atoms with van der Waals surface area (Å²) in [5.74, 6) is 0. The molecule has 0 saturated heterocycles. The quantitative estimate of drug-likeness (QED) is 0.797. The van der Waals surface area contributed by atoms with Crippen LogP contribution in [-0.2, 0) is 20.5 Å². The Morgan fingerprint density at radius 3 is 2.28 bits per heavy atom. The molecule has 0 N–H and O–H groups in total. The van der Waals surface area contributed by atoms with Crippen molar-refractivity contribution in [3.63, 3.8) is 0 Å². The summed E-state index contributed by atoms with van der Waals surface area (Å²) in [6.45, 7) is 1.56. The minimum Gasteiger partial charge on any atom is -0.262 e. The number of alkyl halides is 3. The Morgan fingerprint density at radius 1 is 1.28 bits per heavy atom. The first-order valence-corrected chi connectivity index (χ1v) is 7.01. The monoisotopic (exact) mass is 282 g/mol. The molecule has 3 nitrogen and oxygen atoms in total. The molecule has 0 saturated carbocycles. The van der Waals surface area contributed by atoms with E-state index in [2.05, 4.69) is 4.18 Å². The second-order valence-corrected chi connectivity index (χ2v) is 5.38. The molecule has 0 spiro atoms. The summed E-state index contributed by atoms with van der Waals surface area (Å²) >= 11 is 0. The van der Waals surface area contributed by atoms with Gasteiger partial charge in [0.2, 0.25) is 0 Å². The van der Waals surface area contributed by atoms with E-state index in [9.17, 15) is 21.6 Å². The predicted molar refractivity (Wildman–Crippen MR) is 60.4 cm³/mol. The third-order valence-electron chi connectivity index (χ3n) is 2.27. The van der Waals surface area contributed by atoms with Gasteiger partial charge in [0.25, 0.3) is 10.1 Å². The standard InChI is InChI=1S/C11H13F3O3S/c1-3-10(17-18(2,15)16)8-6-4-5-7-9(8)11(12,13)14/h4-7,10H,3H2,1-2H3. The molecule has 18 heavy (non-hydrogen) atoms. The Bertz CT molecular complexity index is 509. The van der Waals surface area contributed by atoms with Gasteiger partial charge in [0, 0.05) is 0 Å². The van der Waals surface area contributed by atoms with Crippen molar-refractivity contribution in [1.82, 2.24) is 0 Å². The predicted octanol–water partition coefficient (Wildman–Crippen LogP) is 3.13. The van der Waals surface area contributed by atoms with Crippen molar-refractivity contribution in [3.8, 4) is 0 Å². The highest BCUT2D eigenvalue weighted by Crippen LogP contribution is 2.36. The van der Waals surface area contributed by atoms with Gasteiger partial charge in [-0.15, -0.1) is 0 Å². The molecule has 1 unspecified atom stereocenters. The molecule has 1 rings (SSSR count). The van der Waals surface area contributed by atoms with Crippen LogP contribution >= 0.6 is 0 Å². The molecule has 0 bridgehead atoms. The van der Waals surface area contributed by atoms with E-state index in [0.29, 0.717) is 0 Å². The van der Waals surface area contributed by atoms with E-state index in [0.717, 1.165) is 12.3 Å². The third-order valence-corrected chi connectivity index (χ3v) is 2.86. The molecule has 0 radical (unpaired) electrons. The van der Waals surface area contributed by atoms with Crippen LogP contribution < -0.4 is 0 Å². The van der Waals surface area contributed by atoms with E-state index < -0.39 is 28.0 Å². The van der Waals surface area contributed by atoms with Gasteiger partial charge in [0.1, 0.15) is 6.10 Å². The summed E-state index contributed by atoms with van der Waals surface area (Å²) < 4.78 is 65.1. The zero-order chi connectivity index (χ0) is 14.0. The number of hydrogen-bond acceptors (Lipinski definition) is 3. The Morgan fingerprint density at radius 2 is 1.83 bits per heavy atom. The first kappa shape index (κ1) is 15.0. The van der Waals surface area contributed by atoms with Crippen LogP contribution in [-0.4, -0.2) is 14.7 Å². The van der Waals surface area contributed by atoms with Crippen LogP contribution in [0.1, 0.15) is 30.6 Å². The Balaban J connectivity index is 3.22. The lowest BCUT2D eigenvalue weighted by molar-refractivity contribution is -0.139. The van der Waals surface area contributed by atoms with Gasteiger partial charge in [-0.3, -0.25) is 4.18 Å². The first-order valence-electron chi connectivity index (χ1n) is 5.19. The minimum atomic E-state index is -4.54. The van der Waals surface area contributed by atoms with Gasteiger partial charge in [0.05, 0.1) is 11.8 Å². The molecule has 1 atom stereocenters. The van der Waals surface area contributed by atoms with Gasteiger partial charge in [-0.25, -0.2) is 0 Å². The second-order valence-electron chi connectivity index (χ2n) is 3.78. The molecule has 0 aliphatic carbocycles. The van der Waals surface area contributed by atoms with E-state index in [1.165, 1.54) is 18.2 Å². The molecule has 1 aromatic carbocycles. The lowest BCUT2D eigenvalue weighted by atomic mass is 10.0. The van der Waals surface area contributed by atoms with Crippen molar-refractivity contribution in [2.75, 3.05) is 6.26 Å². The van der Waals surface area contributed by atoms with Crippen molar-refractivity contribution in [2.24, 2.45) is 0 Å². The van der Waals surface area contributed by atoms with Crippen molar-refractivity contribution in [3.05, 3.63) is 35.4 Å². The summed E-state index contributed by atoms with van der Waals surface area (Å²) in [6, 6.07) is 4.80. The van der Waals surface area contributed by atoms with Crippen LogP contribution in [0.25, 0.3) is 0 Å². The highest BCUT2D eigenvalue weighted by molar-refractivity contribution is 7.86. The van der Waals surface area contributed by atoms with E-state index in [-0.39, 0.29) is 12.0 Å². The lowest BCUT2D eigenvalue weighted by Crippen LogP contribution is -2.16. The van der Waals surface area contributed by atoms with Crippen molar-refractivity contribution < 1.29 is 25.8 Å². The van der Waals surface area contributed by atoms with Crippen LogP contribution in [0.4, 0.5) is 13.2 Å². The highest BCUT2D eigenvalue weighted by Gasteiger charge is 2.35. The topological polar surface area (TPSA) is 43.4 Å². The summed E-state index contributed by atoms with van der Waals surface area (Å²) in [7, 11) is -3.81. The van der Waals surface area contributed by atoms with Crippen molar-refractivity contribution in [2.45, 2.75) is 25.6 Å². The lowest BCUT2D eigenvalue weighted by Gasteiger charge is -2.19. The van der Waals surface area contributed by atoms with Crippen LogP contribution in [0.15, 0.2) is 24.3 Å². The maximum atomic E-state index is 12.8. The summed E-state index contributed by atoms with van der Waals surface area (Å²) in [5.41, 5.74) is -1.04. The van der Waals surface area contributed by atoms with Gasteiger partial charge >= 0.3 is 6.18 Å². The maximum absolute atomic E-state index is 12.8. The zero-order valence-corrected chi connectivity index (χ0v) is 10.7. The molecule has 0 aliphatic heterocycles. The Labute approximate surface area is 104 Å². The number of halogens is 3. The molecule has 7 heteroatoms. The summed E-state index contributed by atoms with van der Waals surface area (Å²) in [4.78, 5) is 0. The maximum Gasteiger partial charge on any atom is 0.416 e.